The monoisotopic (exact) mass is 362 g/mol. The van der Waals surface area contributed by atoms with Gasteiger partial charge in [0.15, 0.2) is 17.5 Å². The minimum absolute atomic E-state index is 0.150. The summed E-state index contributed by atoms with van der Waals surface area (Å²) in [5, 5.41) is 16.2. The minimum Gasteiger partial charge on any atom is -0.504 e. The maximum absolute atomic E-state index is 9.79. The van der Waals surface area contributed by atoms with E-state index in [1.54, 1.807) is 17.4 Å². The number of aliphatic imine (C=N–C) groups is 1. The molecule has 0 unspecified atom stereocenters. The van der Waals surface area contributed by atoms with E-state index in [0.717, 1.165) is 28.8 Å². The van der Waals surface area contributed by atoms with Crippen LogP contribution in [0.5, 0.6) is 11.5 Å². The first-order valence-corrected chi connectivity index (χ1v) is 9.26. The van der Waals surface area contributed by atoms with Crippen LogP contribution in [0.4, 0.5) is 0 Å². The number of guanidine groups is 1. The fourth-order valence-electron chi connectivity index (χ4n) is 2.36. The molecule has 1 heterocycles. The summed E-state index contributed by atoms with van der Waals surface area (Å²) in [6.07, 6.45) is 0. The van der Waals surface area contributed by atoms with Crippen LogP contribution in [-0.4, -0.2) is 41.1 Å². The highest BCUT2D eigenvalue weighted by Crippen LogP contribution is 2.27. The normalized spacial score (nSPS) is 11.4. The lowest BCUT2D eigenvalue weighted by atomic mass is 10.2. The second-order valence-electron chi connectivity index (χ2n) is 5.62. The SMILES string of the molecule is CCNC(=NCc1ccc(O)c(OCC)c1)N(C)Cc1csc(C)n1. The molecule has 2 aromatic rings. The molecule has 0 fully saturated rings. The van der Waals surface area contributed by atoms with Crippen molar-refractivity contribution in [3.63, 3.8) is 0 Å². The number of aromatic hydroxyl groups is 1. The first-order valence-electron chi connectivity index (χ1n) is 8.38. The fraction of sp³-hybridized carbons (Fsp3) is 0.444. The number of rotatable bonds is 7. The molecule has 0 aliphatic rings. The molecule has 1 aromatic heterocycles. The van der Waals surface area contributed by atoms with Gasteiger partial charge in [0.05, 0.1) is 30.4 Å². The molecule has 0 radical (unpaired) electrons. The quantitative estimate of drug-likeness (QED) is 0.585. The highest BCUT2D eigenvalue weighted by molar-refractivity contribution is 7.09. The van der Waals surface area contributed by atoms with Crippen molar-refractivity contribution in [2.24, 2.45) is 4.99 Å². The number of thiazole rings is 1. The van der Waals surface area contributed by atoms with Crippen molar-refractivity contribution >= 4 is 17.3 Å². The Balaban J connectivity index is 2.09. The number of aryl methyl sites for hydroxylation is 1. The molecule has 0 aliphatic heterocycles. The average molecular weight is 362 g/mol. The van der Waals surface area contributed by atoms with Crippen molar-refractivity contribution in [3.8, 4) is 11.5 Å². The van der Waals surface area contributed by atoms with Crippen molar-refractivity contribution in [3.05, 3.63) is 39.8 Å². The summed E-state index contributed by atoms with van der Waals surface area (Å²) in [5.41, 5.74) is 2.02. The first kappa shape index (κ1) is 19.1. The van der Waals surface area contributed by atoms with Crippen molar-refractivity contribution in [1.29, 1.82) is 0 Å². The molecule has 0 bridgehead atoms. The van der Waals surface area contributed by atoms with Gasteiger partial charge in [0, 0.05) is 19.0 Å². The van der Waals surface area contributed by atoms with E-state index in [4.69, 9.17) is 4.74 Å². The van der Waals surface area contributed by atoms with E-state index < -0.39 is 0 Å². The number of nitrogens with one attached hydrogen (secondary N) is 1. The zero-order valence-electron chi connectivity index (χ0n) is 15.2. The zero-order valence-corrected chi connectivity index (χ0v) is 16.1. The maximum atomic E-state index is 9.79. The summed E-state index contributed by atoms with van der Waals surface area (Å²) in [6, 6.07) is 5.33. The number of phenols is 1. The van der Waals surface area contributed by atoms with Gasteiger partial charge >= 0.3 is 0 Å². The van der Waals surface area contributed by atoms with Gasteiger partial charge in [0.1, 0.15) is 0 Å². The maximum Gasteiger partial charge on any atom is 0.194 e. The molecule has 0 atom stereocenters. The molecule has 0 spiro atoms. The van der Waals surface area contributed by atoms with E-state index >= 15 is 0 Å². The van der Waals surface area contributed by atoms with E-state index in [9.17, 15) is 5.11 Å². The summed E-state index contributed by atoms with van der Waals surface area (Å²) >= 11 is 1.65. The van der Waals surface area contributed by atoms with Gasteiger partial charge in [-0.15, -0.1) is 11.3 Å². The molecule has 0 aliphatic carbocycles. The van der Waals surface area contributed by atoms with E-state index in [1.807, 2.05) is 40.0 Å². The Hall–Kier alpha value is -2.28. The molecule has 1 aromatic carbocycles. The van der Waals surface area contributed by atoms with Crippen molar-refractivity contribution < 1.29 is 9.84 Å². The van der Waals surface area contributed by atoms with Gasteiger partial charge < -0.3 is 20.1 Å². The highest BCUT2D eigenvalue weighted by atomic mass is 32.1. The minimum atomic E-state index is 0.150. The molecule has 7 heteroatoms. The Morgan fingerprint density at radius 3 is 2.84 bits per heavy atom. The number of ether oxygens (including phenoxy) is 1. The standard InChI is InChI=1S/C18H26N4O2S/c1-5-19-18(22(4)11-15-12-25-13(3)21-15)20-10-14-7-8-16(23)17(9-14)24-6-2/h7-9,12,23H,5-6,10-11H2,1-4H3,(H,19,20). The van der Waals surface area contributed by atoms with E-state index in [2.05, 4.69) is 25.6 Å². The summed E-state index contributed by atoms with van der Waals surface area (Å²) < 4.78 is 5.43. The Morgan fingerprint density at radius 2 is 2.20 bits per heavy atom. The van der Waals surface area contributed by atoms with Crippen molar-refractivity contribution in [2.75, 3.05) is 20.2 Å². The molecule has 0 amide bonds. The summed E-state index contributed by atoms with van der Waals surface area (Å²) in [4.78, 5) is 11.2. The lowest BCUT2D eigenvalue weighted by Crippen LogP contribution is -2.38. The topological polar surface area (TPSA) is 70.0 Å². The number of hydrogen-bond donors (Lipinski definition) is 2. The van der Waals surface area contributed by atoms with Gasteiger partial charge in [-0.1, -0.05) is 6.07 Å². The third-order valence-electron chi connectivity index (χ3n) is 3.50. The largest absolute Gasteiger partial charge is 0.504 e. The number of benzene rings is 1. The second kappa shape index (κ2) is 9.27. The van der Waals surface area contributed by atoms with Crippen LogP contribution in [0, 0.1) is 6.92 Å². The molecule has 25 heavy (non-hydrogen) atoms. The number of hydrogen-bond acceptors (Lipinski definition) is 5. The highest BCUT2D eigenvalue weighted by Gasteiger charge is 2.09. The van der Waals surface area contributed by atoms with Crippen LogP contribution in [0.1, 0.15) is 30.1 Å². The van der Waals surface area contributed by atoms with E-state index in [1.165, 1.54) is 0 Å². The van der Waals surface area contributed by atoms with Gasteiger partial charge in [-0.25, -0.2) is 9.98 Å². The molecular formula is C18H26N4O2S. The number of phenolic OH excluding ortho intramolecular Hbond substituents is 1. The summed E-state index contributed by atoms with van der Waals surface area (Å²) in [5.74, 6) is 1.46. The summed E-state index contributed by atoms with van der Waals surface area (Å²) in [7, 11) is 2.00. The van der Waals surface area contributed by atoms with E-state index in [0.29, 0.717) is 25.4 Å². The molecular weight excluding hydrogens is 336 g/mol. The molecule has 6 nitrogen and oxygen atoms in total. The summed E-state index contributed by atoms with van der Waals surface area (Å²) in [6.45, 7) is 8.46. The number of nitrogens with zero attached hydrogens (tertiary/aromatic N) is 3. The van der Waals surface area contributed by atoms with Crippen LogP contribution in [0.2, 0.25) is 0 Å². The van der Waals surface area contributed by atoms with Gasteiger partial charge in [0.25, 0.3) is 0 Å². The van der Waals surface area contributed by atoms with Crippen LogP contribution >= 0.6 is 11.3 Å². The van der Waals surface area contributed by atoms with Crippen LogP contribution in [0.3, 0.4) is 0 Å². The Labute approximate surface area is 153 Å². The van der Waals surface area contributed by atoms with Crippen LogP contribution in [0.25, 0.3) is 0 Å². The second-order valence-corrected chi connectivity index (χ2v) is 6.68. The molecule has 0 saturated carbocycles. The Morgan fingerprint density at radius 1 is 1.40 bits per heavy atom. The fourth-order valence-corrected chi connectivity index (χ4v) is 2.97. The van der Waals surface area contributed by atoms with E-state index in [-0.39, 0.29) is 5.75 Å². The third kappa shape index (κ3) is 5.63. The zero-order chi connectivity index (χ0) is 18.2. The molecule has 2 N–H and O–H groups in total. The van der Waals surface area contributed by atoms with Crippen molar-refractivity contribution in [1.82, 2.24) is 15.2 Å². The predicted molar refractivity (Wildman–Crippen MR) is 102 cm³/mol. The van der Waals surface area contributed by atoms with Crippen LogP contribution in [0.15, 0.2) is 28.6 Å². The molecule has 136 valence electrons. The molecule has 0 saturated heterocycles. The lowest BCUT2D eigenvalue weighted by Gasteiger charge is -2.21. The Kier molecular flexibility index (Phi) is 7.06. The van der Waals surface area contributed by atoms with Gasteiger partial charge in [-0.05, 0) is 38.5 Å². The van der Waals surface area contributed by atoms with Gasteiger partial charge in [-0.2, -0.15) is 0 Å². The first-order chi connectivity index (χ1) is 12.0. The molecule has 2 rings (SSSR count). The van der Waals surface area contributed by atoms with Crippen LogP contribution in [-0.2, 0) is 13.1 Å². The lowest BCUT2D eigenvalue weighted by molar-refractivity contribution is 0.318. The third-order valence-corrected chi connectivity index (χ3v) is 4.32. The van der Waals surface area contributed by atoms with Gasteiger partial charge in [-0.3, -0.25) is 0 Å². The van der Waals surface area contributed by atoms with Gasteiger partial charge in [0.2, 0.25) is 0 Å². The Bertz CT molecular complexity index is 715. The smallest absolute Gasteiger partial charge is 0.194 e. The van der Waals surface area contributed by atoms with Crippen LogP contribution < -0.4 is 10.1 Å². The predicted octanol–water partition coefficient (Wildman–Crippen LogP) is 3.15. The number of aromatic nitrogens is 1. The average Bonchev–Trinajstić information content (AvgIpc) is 2.99. The van der Waals surface area contributed by atoms with Crippen molar-refractivity contribution in [2.45, 2.75) is 33.9 Å².